The Hall–Kier alpha value is -1.18. The van der Waals surface area contributed by atoms with Crippen LogP contribution >= 0.6 is 15.9 Å². The molecule has 1 aromatic rings. The Labute approximate surface area is 131 Å². The van der Waals surface area contributed by atoms with E-state index in [0.29, 0.717) is 26.1 Å². The van der Waals surface area contributed by atoms with Crippen LogP contribution in [0.5, 0.6) is 0 Å². The molecule has 7 heteroatoms. The van der Waals surface area contributed by atoms with E-state index < -0.39 is 5.60 Å². The number of ether oxygens (including phenoxy) is 1. The Morgan fingerprint density at radius 2 is 2.14 bits per heavy atom. The van der Waals surface area contributed by atoms with Crippen molar-refractivity contribution in [1.82, 2.24) is 9.47 Å². The number of aliphatic hydroxyl groups is 1. The fraction of sp³-hybridized carbons (Fsp3) is 0.571. The molecule has 1 saturated heterocycles. The van der Waals surface area contributed by atoms with Crippen molar-refractivity contribution in [3.8, 4) is 0 Å². The minimum atomic E-state index is -0.898. The first-order valence-electron chi connectivity index (χ1n) is 6.80. The molecule has 0 radical (unpaired) electrons. The lowest BCUT2D eigenvalue weighted by atomic mass is 9.94. The van der Waals surface area contributed by atoms with Crippen LogP contribution in [0.4, 0.5) is 0 Å². The van der Waals surface area contributed by atoms with E-state index in [9.17, 15) is 14.7 Å². The highest BCUT2D eigenvalue weighted by Crippen LogP contribution is 2.21. The van der Waals surface area contributed by atoms with Crippen LogP contribution in [0.2, 0.25) is 0 Å². The molecular formula is C14H19BrN2O4. The number of likely N-dealkylation sites (N-methyl/N-ethyl adjacent to an activating group) is 1. The van der Waals surface area contributed by atoms with Crippen molar-refractivity contribution < 1.29 is 14.6 Å². The Bertz CT molecular complexity index is 566. The van der Waals surface area contributed by atoms with Crippen LogP contribution < -0.4 is 5.56 Å². The zero-order valence-corrected chi connectivity index (χ0v) is 13.5. The lowest BCUT2D eigenvalue weighted by Crippen LogP contribution is -2.48. The third-order valence-electron chi connectivity index (χ3n) is 3.63. The first-order chi connectivity index (χ1) is 9.89. The molecule has 0 spiro atoms. The lowest BCUT2D eigenvalue weighted by Gasteiger charge is -2.35. The van der Waals surface area contributed by atoms with Crippen LogP contribution in [-0.4, -0.2) is 52.9 Å². The molecular weight excluding hydrogens is 340 g/mol. The number of aromatic nitrogens is 1. The number of carbonyl (C=O) groups excluding carboxylic acids is 1. The predicted molar refractivity (Wildman–Crippen MR) is 81.0 cm³/mol. The summed E-state index contributed by atoms with van der Waals surface area (Å²) in [6.45, 7) is 1.21. The summed E-state index contributed by atoms with van der Waals surface area (Å²) in [7, 11) is 1.64. The number of amides is 1. The van der Waals surface area contributed by atoms with Crippen LogP contribution in [0.3, 0.4) is 0 Å². The number of pyridine rings is 1. The van der Waals surface area contributed by atoms with E-state index in [1.165, 1.54) is 15.5 Å². The Kier molecular flexibility index (Phi) is 5.18. The Morgan fingerprint density at radius 1 is 1.48 bits per heavy atom. The second kappa shape index (κ2) is 6.72. The molecule has 0 aliphatic carbocycles. The second-order valence-electron chi connectivity index (χ2n) is 5.40. The van der Waals surface area contributed by atoms with E-state index in [1.807, 2.05) is 0 Å². The number of hydrogen-bond acceptors (Lipinski definition) is 4. The van der Waals surface area contributed by atoms with E-state index >= 15 is 0 Å². The molecule has 1 aromatic heterocycles. The van der Waals surface area contributed by atoms with Crippen LogP contribution in [0, 0.1) is 0 Å². The van der Waals surface area contributed by atoms with E-state index in [4.69, 9.17) is 4.74 Å². The molecule has 6 nitrogen and oxygen atoms in total. The number of rotatable bonds is 4. The van der Waals surface area contributed by atoms with Gasteiger partial charge in [-0.05, 0) is 22.0 Å². The average Bonchev–Trinajstić information content (AvgIpc) is 2.43. The standard InChI is InChI=1S/C14H19BrN2O4/c1-16(10-14(20)4-6-21-7-5-14)13(19)9-17-8-11(15)2-3-12(17)18/h2-3,8,20H,4-7,9-10H2,1H3. The van der Waals surface area contributed by atoms with Gasteiger partial charge in [-0.2, -0.15) is 0 Å². The van der Waals surface area contributed by atoms with Gasteiger partial charge in [-0.3, -0.25) is 9.59 Å². The Balaban J connectivity index is 1.99. The maximum absolute atomic E-state index is 12.2. The van der Waals surface area contributed by atoms with E-state index in [1.54, 1.807) is 19.3 Å². The van der Waals surface area contributed by atoms with Crippen molar-refractivity contribution in [3.63, 3.8) is 0 Å². The molecule has 1 aliphatic rings. The molecule has 0 atom stereocenters. The van der Waals surface area contributed by atoms with Gasteiger partial charge in [-0.1, -0.05) is 0 Å². The highest BCUT2D eigenvalue weighted by atomic mass is 79.9. The van der Waals surface area contributed by atoms with Gasteiger partial charge in [0.05, 0.1) is 5.60 Å². The molecule has 1 aliphatic heterocycles. The maximum Gasteiger partial charge on any atom is 0.251 e. The minimum Gasteiger partial charge on any atom is -0.388 e. The van der Waals surface area contributed by atoms with Crippen molar-refractivity contribution >= 4 is 21.8 Å². The third-order valence-corrected chi connectivity index (χ3v) is 4.10. The van der Waals surface area contributed by atoms with Crippen molar-refractivity contribution in [2.75, 3.05) is 26.8 Å². The quantitative estimate of drug-likeness (QED) is 0.855. The number of carbonyl (C=O) groups is 1. The smallest absolute Gasteiger partial charge is 0.251 e. The molecule has 2 rings (SSSR count). The van der Waals surface area contributed by atoms with Gasteiger partial charge in [0, 0.05) is 56.4 Å². The SMILES string of the molecule is CN(CC1(O)CCOCC1)C(=O)Cn1cc(Br)ccc1=O. The topological polar surface area (TPSA) is 71.8 Å². The zero-order valence-electron chi connectivity index (χ0n) is 11.9. The van der Waals surface area contributed by atoms with Crippen molar-refractivity contribution in [2.24, 2.45) is 0 Å². The van der Waals surface area contributed by atoms with Gasteiger partial charge in [-0.25, -0.2) is 0 Å². The van der Waals surface area contributed by atoms with Crippen molar-refractivity contribution in [3.05, 3.63) is 33.2 Å². The summed E-state index contributed by atoms with van der Waals surface area (Å²) >= 11 is 3.27. The van der Waals surface area contributed by atoms with Crippen LogP contribution in [0.1, 0.15) is 12.8 Å². The van der Waals surface area contributed by atoms with Gasteiger partial charge in [0.2, 0.25) is 5.91 Å². The second-order valence-corrected chi connectivity index (χ2v) is 6.32. The summed E-state index contributed by atoms with van der Waals surface area (Å²) in [5, 5.41) is 10.4. The number of halogens is 1. The normalized spacial score (nSPS) is 17.5. The first kappa shape index (κ1) is 16.2. The average molecular weight is 359 g/mol. The molecule has 1 fully saturated rings. The molecule has 2 heterocycles. The molecule has 0 bridgehead atoms. The van der Waals surface area contributed by atoms with Gasteiger partial charge < -0.3 is 19.3 Å². The summed E-state index contributed by atoms with van der Waals surface area (Å²) in [5.41, 5.74) is -1.13. The van der Waals surface area contributed by atoms with E-state index in [0.717, 1.165) is 4.47 Å². The fourth-order valence-corrected chi connectivity index (χ4v) is 2.71. The summed E-state index contributed by atoms with van der Waals surface area (Å²) < 4.78 is 7.30. The lowest BCUT2D eigenvalue weighted by molar-refractivity contribution is -0.137. The minimum absolute atomic E-state index is 0.0403. The Morgan fingerprint density at radius 3 is 2.81 bits per heavy atom. The highest BCUT2D eigenvalue weighted by molar-refractivity contribution is 9.10. The summed E-state index contributed by atoms with van der Waals surface area (Å²) in [6, 6.07) is 3.04. The monoisotopic (exact) mass is 358 g/mol. The molecule has 1 N–H and O–H groups in total. The summed E-state index contributed by atoms with van der Waals surface area (Å²) in [4.78, 5) is 25.4. The van der Waals surface area contributed by atoms with Crippen LogP contribution in [0.25, 0.3) is 0 Å². The predicted octanol–water partition coefficient (Wildman–Crippen LogP) is 0.611. The largest absolute Gasteiger partial charge is 0.388 e. The van der Waals surface area contributed by atoms with Crippen molar-refractivity contribution in [1.29, 1.82) is 0 Å². The first-order valence-corrected chi connectivity index (χ1v) is 7.59. The van der Waals surface area contributed by atoms with Gasteiger partial charge >= 0.3 is 0 Å². The fourth-order valence-electron chi connectivity index (χ4n) is 2.33. The number of hydrogen-bond donors (Lipinski definition) is 1. The zero-order chi connectivity index (χ0) is 15.5. The summed E-state index contributed by atoms with van der Waals surface area (Å²) in [5.74, 6) is -0.213. The molecule has 1 amide bonds. The molecule has 0 aromatic carbocycles. The van der Waals surface area contributed by atoms with Gasteiger partial charge in [0.1, 0.15) is 6.54 Å². The van der Waals surface area contributed by atoms with E-state index in [-0.39, 0.29) is 24.6 Å². The number of nitrogens with zero attached hydrogens (tertiary/aromatic N) is 2. The van der Waals surface area contributed by atoms with Gasteiger partial charge in [0.25, 0.3) is 5.56 Å². The van der Waals surface area contributed by atoms with E-state index in [2.05, 4.69) is 15.9 Å². The summed E-state index contributed by atoms with van der Waals surface area (Å²) in [6.07, 6.45) is 2.61. The van der Waals surface area contributed by atoms with Gasteiger partial charge in [0.15, 0.2) is 0 Å². The van der Waals surface area contributed by atoms with Crippen LogP contribution in [0.15, 0.2) is 27.6 Å². The van der Waals surface area contributed by atoms with Gasteiger partial charge in [-0.15, -0.1) is 0 Å². The van der Waals surface area contributed by atoms with Crippen LogP contribution in [-0.2, 0) is 16.1 Å². The maximum atomic E-state index is 12.2. The molecule has 0 saturated carbocycles. The highest BCUT2D eigenvalue weighted by Gasteiger charge is 2.32. The van der Waals surface area contributed by atoms with Crippen molar-refractivity contribution in [2.45, 2.75) is 25.0 Å². The molecule has 21 heavy (non-hydrogen) atoms. The molecule has 116 valence electrons. The third kappa shape index (κ3) is 4.39. The molecule has 0 unspecified atom stereocenters.